The summed E-state index contributed by atoms with van der Waals surface area (Å²) >= 11 is 3.24. The Morgan fingerprint density at radius 1 is 1.62 bits per heavy atom. The maximum absolute atomic E-state index is 13.3. The summed E-state index contributed by atoms with van der Waals surface area (Å²) in [7, 11) is 0. The topological polar surface area (TPSA) is 38.0 Å². The van der Waals surface area contributed by atoms with Crippen molar-refractivity contribution < 1.29 is 4.39 Å². The van der Waals surface area contributed by atoms with Crippen LogP contribution < -0.4 is 11.3 Å². The summed E-state index contributed by atoms with van der Waals surface area (Å²) in [5, 5.41) is 0. The van der Waals surface area contributed by atoms with E-state index in [1.165, 1.54) is 6.07 Å². The van der Waals surface area contributed by atoms with Crippen molar-refractivity contribution in [2.45, 2.75) is 25.8 Å². The molecule has 4 heteroatoms. The lowest BCUT2D eigenvalue weighted by Crippen LogP contribution is -2.28. The number of hydrazine groups is 1. The summed E-state index contributed by atoms with van der Waals surface area (Å²) in [4.78, 5) is 0. The molecule has 0 saturated heterocycles. The molecule has 1 aromatic rings. The van der Waals surface area contributed by atoms with Crippen LogP contribution in [-0.4, -0.2) is 0 Å². The lowest BCUT2D eigenvalue weighted by molar-refractivity contribution is 0.508. The van der Waals surface area contributed by atoms with Gasteiger partial charge in [-0.05, 0) is 47.3 Å². The predicted molar refractivity (Wildman–Crippen MR) is 68.2 cm³/mol. The number of halogens is 2. The van der Waals surface area contributed by atoms with Crippen LogP contribution in [-0.2, 0) is 0 Å². The van der Waals surface area contributed by atoms with E-state index in [1.807, 2.05) is 13.0 Å². The molecule has 0 amide bonds. The summed E-state index contributed by atoms with van der Waals surface area (Å²) in [5.41, 5.74) is 4.63. The fraction of sp³-hybridized carbons (Fsp3) is 0.333. The van der Waals surface area contributed by atoms with E-state index in [9.17, 15) is 4.39 Å². The lowest BCUT2D eigenvalue weighted by atomic mass is 10.0. The second-order valence-corrected chi connectivity index (χ2v) is 4.65. The van der Waals surface area contributed by atoms with Gasteiger partial charge in [-0.15, -0.1) is 6.58 Å². The quantitative estimate of drug-likeness (QED) is 0.494. The number of rotatable bonds is 5. The van der Waals surface area contributed by atoms with Crippen LogP contribution in [0.1, 0.15) is 31.4 Å². The average molecular weight is 287 g/mol. The van der Waals surface area contributed by atoms with Gasteiger partial charge in [0.2, 0.25) is 0 Å². The number of allylic oxidation sites excluding steroid dienone is 1. The molecule has 0 aliphatic carbocycles. The molecule has 0 aliphatic heterocycles. The molecule has 0 fully saturated rings. The van der Waals surface area contributed by atoms with Crippen LogP contribution in [0.5, 0.6) is 0 Å². The van der Waals surface area contributed by atoms with Gasteiger partial charge >= 0.3 is 0 Å². The van der Waals surface area contributed by atoms with E-state index in [0.29, 0.717) is 4.47 Å². The molecule has 1 unspecified atom stereocenters. The Hall–Kier alpha value is -0.710. The molecule has 3 N–H and O–H groups in total. The summed E-state index contributed by atoms with van der Waals surface area (Å²) in [5.74, 6) is 5.22. The minimum Gasteiger partial charge on any atom is -0.271 e. The zero-order valence-electron chi connectivity index (χ0n) is 9.26. The predicted octanol–water partition coefficient (Wildman–Crippen LogP) is 3.45. The third-order valence-electron chi connectivity index (χ3n) is 2.42. The average Bonchev–Trinajstić information content (AvgIpc) is 2.24. The van der Waals surface area contributed by atoms with Crippen LogP contribution in [0.25, 0.3) is 0 Å². The van der Waals surface area contributed by atoms with Crippen LogP contribution in [0.15, 0.2) is 34.8 Å². The normalized spacial score (nSPS) is 12.5. The Morgan fingerprint density at radius 2 is 2.31 bits per heavy atom. The van der Waals surface area contributed by atoms with E-state index >= 15 is 0 Å². The molecule has 1 rings (SSSR count). The molecule has 1 aromatic carbocycles. The van der Waals surface area contributed by atoms with Crippen LogP contribution >= 0.6 is 15.9 Å². The molecule has 2 nitrogen and oxygen atoms in total. The molecule has 0 bridgehead atoms. The van der Waals surface area contributed by atoms with E-state index in [0.717, 1.165) is 24.0 Å². The van der Waals surface area contributed by atoms with E-state index in [1.54, 1.807) is 6.07 Å². The summed E-state index contributed by atoms with van der Waals surface area (Å²) in [6, 6.07) is 4.89. The molecule has 1 atom stereocenters. The standard InChI is InChI=1S/C12H16BrFN2/c1-8(2)6-7-11(16-15)9-4-3-5-10(14)12(9)13/h3-5,11,16H,1,6-7,15H2,2H3. The third kappa shape index (κ3) is 3.40. The maximum atomic E-state index is 13.3. The van der Waals surface area contributed by atoms with Crippen LogP contribution in [0, 0.1) is 5.82 Å². The van der Waals surface area contributed by atoms with Gasteiger partial charge in [-0.3, -0.25) is 11.3 Å². The zero-order chi connectivity index (χ0) is 12.1. The fourth-order valence-corrected chi connectivity index (χ4v) is 2.05. The Morgan fingerprint density at radius 3 is 2.88 bits per heavy atom. The van der Waals surface area contributed by atoms with Crippen LogP contribution in [0.2, 0.25) is 0 Å². The number of hydrogen-bond donors (Lipinski definition) is 2. The molecule has 88 valence electrons. The van der Waals surface area contributed by atoms with Crippen LogP contribution in [0.4, 0.5) is 4.39 Å². The zero-order valence-corrected chi connectivity index (χ0v) is 10.8. The van der Waals surface area contributed by atoms with Gasteiger partial charge in [-0.1, -0.05) is 17.7 Å². The highest BCUT2D eigenvalue weighted by Crippen LogP contribution is 2.28. The first-order valence-electron chi connectivity index (χ1n) is 5.10. The molecule has 0 aliphatic rings. The lowest BCUT2D eigenvalue weighted by Gasteiger charge is -2.18. The van der Waals surface area contributed by atoms with Crippen LogP contribution in [0.3, 0.4) is 0 Å². The summed E-state index contributed by atoms with van der Waals surface area (Å²) in [6.07, 6.45) is 1.66. The van der Waals surface area contributed by atoms with E-state index in [2.05, 4.69) is 27.9 Å². The van der Waals surface area contributed by atoms with Crippen molar-refractivity contribution >= 4 is 15.9 Å². The Bertz CT molecular complexity index is 379. The van der Waals surface area contributed by atoms with Crippen molar-refractivity contribution in [1.82, 2.24) is 5.43 Å². The first-order valence-corrected chi connectivity index (χ1v) is 5.90. The molecule has 0 spiro atoms. The van der Waals surface area contributed by atoms with Crippen molar-refractivity contribution in [3.8, 4) is 0 Å². The Labute approximate surface area is 104 Å². The molecule has 0 radical (unpaired) electrons. The van der Waals surface area contributed by atoms with Gasteiger partial charge in [-0.2, -0.15) is 0 Å². The number of nitrogens with one attached hydrogen (secondary N) is 1. The van der Waals surface area contributed by atoms with Gasteiger partial charge in [0.25, 0.3) is 0 Å². The first-order chi connectivity index (χ1) is 7.56. The third-order valence-corrected chi connectivity index (χ3v) is 3.25. The van der Waals surface area contributed by atoms with Crippen molar-refractivity contribution in [1.29, 1.82) is 0 Å². The maximum Gasteiger partial charge on any atom is 0.137 e. The van der Waals surface area contributed by atoms with Gasteiger partial charge in [0, 0.05) is 6.04 Å². The molecule has 16 heavy (non-hydrogen) atoms. The highest BCUT2D eigenvalue weighted by Gasteiger charge is 2.14. The van der Waals surface area contributed by atoms with Gasteiger partial charge in [0.15, 0.2) is 0 Å². The molecule has 0 aromatic heterocycles. The molecular weight excluding hydrogens is 271 g/mol. The summed E-state index contributed by atoms with van der Waals surface area (Å²) < 4.78 is 13.8. The van der Waals surface area contributed by atoms with Gasteiger partial charge in [0.05, 0.1) is 4.47 Å². The fourth-order valence-electron chi connectivity index (χ4n) is 1.51. The summed E-state index contributed by atoms with van der Waals surface area (Å²) in [6.45, 7) is 5.81. The highest BCUT2D eigenvalue weighted by atomic mass is 79.9. The number of nitrogens with two attached hydrogens (primary N) is 1. The SMILES string of the molecule is C=C(C)CCC(NN)c1cccc(F)c1Br. The van der Waals surface area contributed by atoms with E-state index < -0.39 is 0 Å². The smallest absolute Gasteiger partial charge is 0.137 e. The molecule has 0 heterocycles. The monoisotopic (exact) mass is 286 g/mol. The van der Waals surface area contributed by atoms with Crippen molar-refractivity contribution in [3.63, 3.8) is 0 Å². The first kappa shape index (κ1) is 13.4. The van der Waals surface area contributed by atoms with Gasteiger partial charge in [-0.25, -0.2) is 4.39 Å². The van der Waals surface area contributed by atoms with Gasteiger partial charge < -0.3 is 0 Å². The Balaban J connectivity index is 2.86. The van der Waals surface area contributed by atoms with E-state index in [4.69, 9.17) is 5.84 Å². The van der Waals surface area contributed by atoms with E-state index in [-0.39, 0.29) is 11.9 Å². The number of hydrogen-bond acceptors (Lipinski definition) is 2. The number of benzene rings is 1. The van der Waals surface area contributed by atoms with Crippen molar-refractivity contribution in [2.75, 3.05) is 0 Å². The Kier molecular flexibility index (Phi) is 5.12. The second kappa shape index (κ2) is 6.13. The molecule has 0 saturated carbocycles. The minimum atomic E-state index is -0.270. The largest absolute Gasteiger partial charge is 0.271 e. The highest BCUT2D eigenvalue weighted by molar-refractivity contribution is 9.10. The van der Waals surface area contributed by atoms with Gasteiger partial charge in [0.1, 0.15) is 5.82 Å². The van der Waals surface area contributed by atoms with Crippen molar-refractivity contribution in [2.24, 2.45) is 5.84 Å². The van der Waals surface area contributed by atoms with Crippen molar-refractivity contribution in [3.05, 3.63) is 46.2 Å². The molecular formula is C12H16BrFN2. The second-order valence-electron chi connectivity index (χ2n) is 3.86. The minimum absolute atomic E-state index is 0.0678.